The Morgan fingerprint density at radius 2 is 1.22 bits per heavy atom. The smallest absolute Gasteiger partial charge is 0.188 e. The molecule has 192 valence electrons. The summed E-state index contributed by atoms with van der Waals surface area (Å²) in [7, 11) is 0. The van der Waals surface area contributed by atoms with E-state index in [4.69, 9.17) is 28.4 Å². The van der Waals surface area contributed by atoms with Gasteiger partial charge in [-0.05, 0) is 30.3 Å². The molecule has 10 heteroatoms. The molecule has 1 aliphatic carbocycles. The van der Waals surface area contributed by atoms with Gasteiger partial charge >= 0.3 is 0 Å². The molecule has 0 aromatic heterocycles. The number of hydrogen-bond donors (Lipinski definition) is 1. The Morgan fingerprint density at radius 3 is 1.86 bits per heavy atom. The van der Waals surface area contributed by atoms with Gasteiger partial charge in [-0.3, -0.25) is 9.59 Å². The second-order valence-electron chi connectivity index (χ2n) is 7.90. The molecule has 0 saturated carbocycles. The zero-order chi connectivity index (χ0) is 25.2. The zero-order valence-corrected chi connectivity index (χ0v) is 21.3. The standard InChI is InChI=1S/C26H28BrNO8/c27-18-13-20(29)16-22-21(14-18)23(17-24(22)30)28-19-1-2-25-26(15-19)36-12-10-34-8-6-32-4-3-31-5-7-33-9-11-35-25/h1-2,13-17,28H,3-12H2. The van der Waals surface area contributed by atoms with Gasteiger partial charge in [0.2, 0.25) is 0 Å². The van der Waals surface area contributed by atoms with Gasteiger partial charge in [0.05, 0.1) is 58.6 Å². The van der Waals surface area contributed by atoms with Crippen molar-refractivity contribution in [1.29, 1.82) is 0 Å². The molecule has 1 N–H and O–H groups in total. The first kappa shape index (κ1) is 26.3. The number of fused-ring (bicyclic) bond motifs is 2. The molecule has 0 radical (unpaired) electrons. The zero-order valence-electron chi connectivity index (χ0n) is 19.8. The van der Waals surface area contributed by atoms with Gasteiger partial charge in [-0.1, -0.05) is 15.9 Å². The van der Waals surface area contributed by atoms with Crippen molar-refractivity contribution in [2.24, 2.45) is 0 Å². The average molecular weight is 562 g/mol. The molecule has 36 heavy (non-hydrogen) atoms. The number of ether oxygens (including phenoxy) is 6. The Hall–Kier alpha value is -2.76. The Bertz CT molecular complexity index is 1150. The maximum Gasteiger partial charge on any atom is 0.188 e. The van der Waals surface area contributed by atoms with Gasteiger partial charge in [0.25, 0.3) is 0 Å². The minimum Gasteiger partial charge on any atom is -0.487 e. The van der Waals surface area contributed by atoms with Gasteiger partial charge in [-0.15, -0.1) is 0 Å². The van der Waals surface area contributed by atoms with Crippen LogP contribution in [-0.2, 0) is 18.9 Å². The Labute approximate surface area is 217 Å². The van der Waals surface area contributed by atoms with E-state index in [1.165, 1.54) is 18.2 Å². The van der Waals surface area contributed by atoms with Crippen LogP contribution in [0.5, 0.6) is 11.5 Å². The normalized spacial score (nSPS) is 17.9. The van der Waals surface area contributed by atoms with Crippen LogP contribution >= 0.6 is 15.9 Å². The third kappa shape index (κ3) is 7.62. The van der Waals surface area contributed by atoms with Crippen molar-refractivity contribution in [3.05, 3.63) is 68.3 Å². The summed E-state index contributed by atoms with van der Waals surface area (Å²) in [5.41, 5.74) is 2.04. The van der Waals surface area contributed by atoms with Crippen LogP contribution in [0.3, 0.4) is 0 Å². The van der Waals surface area contributed by atoms with E-state index >= 15 is 0 Å². The van der Waals surface area contributed by atoms with Gasteiger partial charge in [0.15, 0.2) is 22.7 Å². The predicted octanol–water partition coefficient (Wildman–Crippen LogP) is 3.30. The maximum atomic E-state index is 12.5. The fraction of sp³-hybridized carbons (Fsp3) is 0.385. The molecule has 0 fully saturated rings. The molecule has 0 atom stereocenters. The number of ketones is 1. The van der Waals surface area contributed by atoms with Crippen LogP contribution in [0.4, 0.5) is 5.69 Å². The Morgan fingerprint density at radius 1 is 0.639 bits per heavy atom. The highest BCUT2D eigenvalue weighted by molar-refractivity contribution is 9.10. The highest BCUT2D eigenvalue weighted by Crippen LogP contribution is 2.34. The number of allylic oxidation sites excluding steroid dienone is 1. The van der Waals surface area contributed by atoms with Crippen molar-refractivity contribution in [2.45, 2.75) is 0 Å². The van der Waals surface area contributed by atoms with E-state index in [1.807, 2.05) is 6.07 Å². The van der Waals surface area contributed by atoms with Gasteiger partial charge in [-0.25, -0.2) is 0 Å². The summed E-state index contributed by atoms with van der Waals surface area (Å²) >= 11 is 3.36. The first-order chi connectivity index (χ1) is 17.6. The number of hydrogen-bond acceptors (Lipinski definition) is 9. The molecule has 1 heterocycles. The van der Waals surface area contributed by atoms with E-state index in [0.717, 1.165) is 0 Å². The summed E-state index contributed by atoms with van der Waals surface area (Å²) in [4.78, 5) is 24.5. The lowest BCUT2D eigenvalue weighted by Gasteiger charge is -2.16. The lowest BCUT2D eigenvalue weighted by atomic mass is 10.1. The third-order valence-electron chi connectivity index (χ3n) is 5.28. The molecular formula is C26H28BrNO8. The van der Waals surface area contributed by atoms with E-state index in [9.17, 15) is 9.59 Å². The highest BCUT2D eigenvalue weighted by atomic mass is 79.9. The fourth-order valence-electron chi connectivity index (χ4n) is 3.63. The van der Waals surface area contributed by atoms with Crippen molar-refractivity contribution >= 4 is 33.1 Å². The minimum atomic E-state index is -0.245. The molecule has 0 saturated heterocycles. The maximum absolute atomic E-state index is 12.5. The van der Waals surface area contributed by atoms with E-state index < -0.39 is 0 Å². The van der Waals surface area contributed by atoms with Crippen LogP contribution in [0.25, 0.3) is 5.70 Å². The number of benzene rings is 1. The molecule has 0 spiro atoms. The largest absolute Gasteiger partial charge is 0.487 e. The number of nitrogens with one attached hydrogen (secondary N) is 1. The van der Waals surface area contributed by atoms with Crippen LogP contribution in [-0.4, -0.2) is 71.9 Å². The predicted molar refractivity (Wildman–Crippen MR) is 137 cm³/mol. The molecule has 2 aromatic carbocycles. The van der Waals surface area contributed by atoms with Crippen molar-refractivity contribution in [1.82, 2.24) is 0 Å². The van der Waals surface area contributed by atoms with E-state index in [-0.39, 0.29) is 11.2 Å². The van der Waals surface area contributed by atoms with Crippen LogP contribution in [0.15, 0.2) is 51.7 Å². The number of anilines is 1. The number of rotatable bonds is 2. The van der Waals surface area contributed by atoms with Gasteiger partial charge in [0, 0.05) is 33.4 Å². The van der Waals surface area contributed by atoms with E-state index in [1.54, 1.807) is 18.2 Å². The van der Waals surface area contributed by atoms with Gasteiger partial charge < -0.3 is 33.7 Å². The van der Waals surface area contributed by atoms with Gasteiger partial charge in [-0.2, -0.15) is 0 Å². The second kappa shape index (κ2) is 13.5. The molecule has 2 aromatic rings. The lowest BCUT2D eigenvalue weighted by molar-refractivity contribution is -0.00841. The van der Waals surface area contributed by atoms with E-state index in [2.05, 4.69) is 21.2 Å². The molecule has 9 nitrogen and oxygen atoms in total. The van der Waals surface area contributed by atoms with E-state index in [0.29, 0.717) is 105 Å². The number of halogens is 1. The first-order valence-corrected chi connectivity index (χ1v) is 12.5. The average Bonchev–Trinajstić information content (AvgIpc) is 3.02. The topological polar surface area (TPSA) is 102 Å². The minimum absolute atomic E-state index is 0.227. The number of carbonyl (C=O) groups excluding carboxylic acids is 1. The summed E-state index contributed by atoms with van der Waals surface area (Å²) in [5.74, 6) is 0.860. The third-order valence-corrected chi connectivity index (χ3v) is 5.74. The van der Waals surface area contributed by atoms with Crippen molar-refractivity contribution in [3.8, 4) is 11.5 Å². The Kier molecular flexibility index (Phi) is 9.88. The van der Waals surface area contributed by atoms with Crippen molar-refractivity contribution in [2.75, 3.05) is 71.4 Å². The molecule has 0 bridgehead atoms. The quantitative estimate of drug-likeness (QED) is 0.591. The Balaban J connectivity index is 1.48. The first-order valence-electron chi connectivity index (χ1n) is 11.7. The van der Waals surface area contributed by atoms with Crippen LogP contribution in [0.2, 0.25) is 0 Å². The molecule has 1 aliphatic heterocycles. The van der Waals surface area contributed by atoms with Crippen LogP contribution in [0.1, 0.15) is 15.9 Å². The molecule has 0 unspecified atom stereocenters. The summed E-state index contributed by atoms with van der Waals surface area (Å²) in [6.45, 7) is 4.36. The molecular weight excluding hydrogens is 534 g/mol. The monoisotopic (exact) mass is 561 g/mol. The van der Waals surface area contributed by atoms with Crippen molar-refractivity contribution in [3.63, 3.8) is 0 Å². The fourth-order valence-corrected chi connectivity index (χ4v) is 4.08. The van der Waals surface area contributed by atoms with Gasteiger partial charge in [0.1, 0.15) is 13.2 Å². The van der Waals surface area contributed by atoms with Crippen molar-refractivity contribution < 1.29 is 33.2 Å². The highest BCUT2D eigenvalue weighted by Gasteiger charge is 2.22. The lowest BCUT2D eigenvalue weighted by Crippen LogP contribution is -2.16. The van der Waals surface area contributed by atoms with Crippen LogP contribution in [0, 0.1) is 0 Å². The molecule has 2 aliphatic rings. The molecule has 0 amide bonds. The second-order valence-corrected chi connectivity index (χ2v) is 8.82. The van der Waals surface area contributed by atoms with Crippen LogP contribution < -0.4 is 20.2 Å². The summed E-state index contributed by atoms with van der Waals surface area (Å²) in [6, 6.07) is 9.95. The summed E-state index contributed by atoms with van der Waals surface area (Å²) < 4.78 is 34.4. The summed E-state index contributed by atoms with van der Waals surface area (Å²) in [5, 5.41) is 3.27. The SMILES string of the molecule is O=C1C=C(Nc2ccc3c(c2)OCCOCCOCCOCCOCCO3)c2cc(Br)cc(=O)cc21. The summed E-state index contributed by atoms with van der Waals surface area (Å²) in [6.07, 6.45) is 1.48. The molecule has 4 rings (SSSR count). The number of carbonyl (C=O) groups is 1.